The summed E-state index contributed by atoms with van der Waals surface area (Å²) in [6.07, 6.45) is 0. The molecule has 7 heteroatoms. The van der Waals surface area contributed by atoms with Gasteiger partial charge in [0.15, 0.2) is 0 Å². The third-order valence-corrected chi connectivity index (χ3v) is 3.30. The predicted octanol–water partition coefficient (Wildman–Crippen LogP) is -0.619. The van der Waals surface area contributed by atoms with Gasteiger partial charge in [-0.2, -0.15) is 0 Å². The Morgan fingerprint density at radius 2 is 2.10 bits per heavy atom. The van der Waals surface area contributed by atoms with Gasteiger partial charge in [0, 0.05) is 24.8 Å². The Labute approximate surface area is 122 Å². The van der Waals surface area contributed by atoms with Gasteiger partial charge in [-0.05, 0) is 30.7 Å². The lowest BCUT2D eigenvalue weighted by molar-refractivity contribution is -0.124. The van der Waals surface area contributed by atoms with Crippen LogP contribution in [-0.4, -0.2) is 43.9 Å². The van der Waals surface area contributed by atoms with Crippen molar-refractivity contribution in [3.63, 3.8) is 0 Å². The van der Waals surface area contributed by atoms with Crippen molar-refractivity contribution >= 4 is 23.4 Å². The number of anilines is 1. The van der Waals surface area contributed by atoms with E-state index in [1.165, 1.54) is 0 Å². The van der Waals surface area contributed by atoms with Crippen LogP contribution in [0.1, 0.15) is 15.9 Å². The van der Waals surface area contributed by atoms with Crippen LogP contribution >= 0.6 is 0 Å². The lowest BCUT2D eigenvalue weighted by Gasteiger charge is -2.23. The van der Waals surface area contributed by atoms with Crippen LogP contribution in [0.25, 0.3) is 0 Å². The van der Waals surface area contributed by atoms with Gasteiger partial charge in [-0.15, -0.1) is 0 Å². The van der Waals surface area contributed by atoms with Crippen LogP contribution in [0.15, 0.2) is 18.2 Å². The molecule has 1 unspecified atom stereocenters. The first kappa shape index (κ1) is 15.0. The van der Waals surface area contributed by atoms with Gasteiger partial charge < -0.3 is 16.0 Å². The van der Waals surface area contributed by atoms with E-state index in [9.17, 15) is 14.4 Å². The van der Waals surface area contributed by atoms with Crippen LogP contribution in [0.3, 0.4) is 0 Å². The van der Waals surface area contributed by atoms with E-state index >= 15 is 0 Å². The van der Waals surface area contributed by atoms with Crippen molar-refractivity contribution < 1.29 is 14.4 Å². The molecule has 1 aromatic rings. The number of rotatable bonds is 3. The first-order valence-electron chi connectivity index (χ1n) is 6.65. The molecule has 2 rings (SSSR count). The minimum atomic E-state index is -0.458. The zero-order valence-corrected chi connectivity index (χ0v) is 11.9. The van der Waals surface area contributed by atoms with E-state index in [1.54, 1.807) is 25.2 Å². The van der Waals surface area contributed by atoms with Crippen molar-refractivity contribution in [3.05, 3.63) is 29.3 Å². The summed E-state index contributed by atoms with van der Waals surface area (Å²) in [6, 6.07) is 4.60. The monoisotopic (exact) mass is 290 g/mol. The first-order chi connectivity index (χ1) is 10.0. The quantitative estimate of drug-likeness (QED) is 0.596. The number of benzene rings is 1. The number of carbonyl (C=O) groups excluding carboxylic acids is 3. The molecular formula is C14H18N4O3. The second-order valence-corrected chi connectivity index (χ2v) is 4.84. The Morgan fingerprint density at radius 1 is 1.33 bits per heavy atom. The van der Waals surface area contributed by atoms with Crippen molar-refractivity contribution in [2.45, 2.75) is 13.0 Å². The summed E-state index contributed by atoms with van der Waals surface area (Å²) in [4.78, 5) is 34.7. The molecule has 3 amide bonds. The van der Waals surface area contributed by atoms with Crippen molar-refractivity contribution in [1.82, 2.24) is 16.0 Å². The molecule has 1 saturated heterocycles. The molecule has 1 atom stereocenters. The molecule has 0 bridgehead atoms. The van der Waals surface area contributed by atoms with Crippen LogP contribution in [0, 0.1) is 6.92 Å². The zero-order chi connectivity index (χ0) is 15.4. The van der Waals surface area contributed by atoms with Crippen LogP contribution in [0.2, 0.25) is 0 Å². The average Bonchev–Trinajstić information content (AvgIpc) is 2.49. The molecule has 4 N–H and O–H groups in total. The average molecular weight is 290 g/mol. The highest BCUT2D eigenvalue weighted by Crippen LogP contribution is 2.17. The highest BCUT2D eigenvalue weighted by molar-refractivity contribution is 5.98. The fourth-order valence-corrected chi connectivity index (χ4v) is 2.06. The van der Waals surface area contributed by atoms with E-state index in [2.05, 4.69) is 21.3 Å². The molecule has 7 nitrogen and oxygen atoms in total. The Hall–Kier alpha value is -2.41. The molecule has 1 aliphatic heterocycles. The van der Waals surface area contributed by atoms with Crippen molar-refractivity contribution in [2.75, 3.05) is 25.5 Å². The fourth-order valence-electron chi connectivity index (χ4n) is 2.06. The molecule has 1 fully saturated rings. The second kappa shape index (κ2) is 6.36. The smallest absolute Gasteiger partial charge is 0.251 e. The summed E-state index contributed by atoms with van der Waals surface area (Å²) >= 11 is 0. The van der Waals surface area contributed by atoms with Crippen molar-refractivity contribution in [3.8, 4) is 0 Å². The highest BCUT2D eigenvalue weighted by atomic mass is 16.2. The summed E-state index contributed by atoms with van der Waals surface area (Å²) in [7, 11) is 1.57. The van der Waals surface area contributed by atoms with Gasteiger partial charge in [-0.25, -0.2) is 0 Å². The van der Waals surface area contributed by atoms with Gasteiger partial charge in [0.05, 0.1) is 6.54 Å². The molecule has 1 heterocycles. The SMILES string of the molecule is CNC(=O)c1ccc(NC(=O)C2CNC(=O)CN2)c(C)c1. The van der Waals surface area contributed by atoms with E-state index < -0.39 is 6.04 Å². The fraction of sp³-hybridized carbons (Fsp3) is 0.357. The standard InChI is InChI=1S/C14H18N4O3/c1-8-5-9(13(20)15-2)3-4-10(8)18-14(21)11-6-17-12(19)7-16-11/h3-5,11,16H,6-7H2,1-2H3,(H,15,20)(H,17,19)(H,18,21). The predicted molar refractivity (Wildman–Crippen MR) is 78.0 cm³/mol. The highest BCUT2D eigenvalue weighted by Gasteiger charge is 2.24. The largest absolute Gasteiger partial charge is 0.355 e. The van der Waals surface area contributed by atoms with Crippen LogP contribution < -0.4 is 21.3 Å². The Morgan fingerprint density at radius 3 is 2.67 bits per heavy atom. The first-order valence-corrected chi connectivity index (χ1v) is 6.65. The number of aryl methyl sites for hydroxylation is 1. The third-order valence-electron chi connectivity index (χ3n) is 3.30. The van der Waals surface area contributed by atoms with E-state index in [4.69, 9.17) is 0 Å². The van der Waals surface area contributed by atoms with E-state index in [0.29, 0.717) is 11.3 Å². The summed E-state index contributed by atoms with van der Waals surface area (Å²) in [5.41, 5.74) is 1.98. The van der Waals surface area contributed by atoms with Crippen LogP contribution in [-0.2, 0) is 9.59 Å². The second-order valence-electron chi connectivity index (χ2n) is 4.84. The Bertz CT molecular complexity index is 576. The van der Waals surface area contributed by atoms with Gasteiger partial charge in [-0.3, -0.25) is 19.7 Å². The van der Waals surface area contributed by atoms with Gasteiger partial charge in [0.2, 0.25) is 11.8 Å². The summed E-state index contributed by atoms with van der Waals surface area (Å²) in [6.45, 7) is 2.21. The number of hydrogen-bond acceptors (Lipinski definition) is 4. The molecule has 1 aromatic carbocycles. The number of amides is 3. The van der Waals surface area contributed by atoms with Crippen molar-refractivity contribution in [2.24, 2.45) is 0 Å². The molecule has 0 spiro atoms. The van der Waals surface area contributed by atoms with Crippen LogP contribution in [0.5, 0.6) is 0 Å². The number of hydrogen-bond donors (Lipinski definition) is 4. The summed E-state index contributed by atoms with van der Waals surface area (Å²) in [5.74, 6) is -0.511. The molecule has 0 saturated carbocycles. The number of nitrogens with one attached hydrogen (secondary N) is 4. The van der Waals surface area contributed by atoms with E-state index in [1.807, 2.05) is 6.92 Å². The Kier molecular flexibility index (Phi) is 4.54. The Balaban J connectivity index is 2.04. The molecule has 112 valence electrons. The minimum Gasteiger partial charge on any atom is -0.355 e. The third kappa shape index (κ3) is 3.57. The summed E-state index contributed by atoms with van der Waals surface area (Å²) < 4.78 is 0. The molecule has 0 radical (unpaired) electrons. The van der Waals surface area contributed by atoms with Crippen molar-refractivity contribution in [1.29, 1.82) is 0 Å². The topological polar surface area (TPSA) is 99.3 Å². The maximum absolute atomic E-state index is 12.1. The molecule has 1 aliphatic rings. The van der Waals surface area contributed by atoms with Gasteiger partial charge >= 0.3 is 0 Å². The van der Waals surface area contributed by atoms with Gasteiger partial charge in [0.1, 0.15) is 6.04 Å². The van der Waals surface area contributed by atoms with E-state index in [-0.39, 0.29) is 30.8 Å². The zero-order valence-electron chi connectivity index (χ0n) is 11.9. The maximum Gasteiger partial charge on any atom is 0.251 e. The van der Waals surface area contributed by atoms with Crippen LogP contribution in [0.4, 0.5) is 5.69 Å². The molecule has 0 aromatic heterocycles. The lowest BCUT2D eigenvalue weighted by Crippen LogP contribution is -2.56. The summed E-state index contributed by atoms with van der Waals surface area (Å²) in [5, 5.41) is 10.8. The molecule has 0 aliphatic carbocycles. The maximum atomic E-state index is 12.1. The minimum absolute atomic E-state index is 0.120. The van der Waals surface area contributed by atoms with Gasteiger partial charge in [-0.1, -0.05) is 0 Å². The molecular weight excluding hydrogens is 272 g/mol. The number of piperazine rings is 1. The normalized spacial score (nSPS) is 17.8. The lowest BCUT2D eigenvalue weighted by atomic mass is 10.1. The van der Waals surface area contributed by atoms with E-state index in [0.717, 1.165) is 5.56 Å². The molecule has 21 heavy (non-hydrogen) atoms. The van der Waals surface area contributed by atoms with Gasteiger partial charge in [0.25, 0.3) is 5.91 Å². The number of carbonyl (C=O) groups is 3.